The lowest BCUT2D eigenvalue weighted by atomic mass is 10.0. The Morgan fingerprint density at radius 3 is 1.61 bits per heavy atom. The summed E-state index contributed by atoms with van der Waals surface area (Å²) < 4.78 is 5.86. The fraction of sp³-hybridized carbons (Fsp3) is 0.220. The maximum absolute atomic E-state index is 13.3. The van der Waals surface area contributed by atoms with Crippen LogP contribution in [0, 0.1) is 19.8 Å². The molecule has 8 bridgehead atoms. The summed E-state index contributed by atoms with van der Waals surface area (Å²) in [5.41, 5.74) is 15.6. The van der Waals surface area contributed by atoms with Gasteiger partial charge in [-0.2, -0.15) is 0 Å². The molecule has 0 amide bonds. The number of hydrogen-bond donors (Lipinski definition) is 2. The number of esters is 1. The first-order valence-corrected chi connectivity index (χ1v) is 21.0. The smallest absolute Gasteiger partial charge is 0.316 e. The lowest BCUT2D eigenvalue weighted by Crippen LogP contribution is -2.15. The highest BCUT2D eigenvalue weighted by atomic mass is 32.2. The largest absolute Gasteiger partial charge is 0.465 e. The average Bonchev–Trinajstić information content (AvgIpc) is 4.08. The van der Waals surface area contributed by atoms with Gasteiger partial charge in [0.15, 0.2) is 0 Å². The third-order valence-corrected chi connectivity index (χ3v) is 11.9. The second-order valence-electron chi connectivity index (χ2n) is 14.9. The molecule has 1 atom stereocenters. The van der Waals surface area contributed by atoms with Gasteiger partial charge in [0.2, 0.25) is 0 Å². The Morgan fingerprint density at radius 2 is 1.09 bits per heavy atom. The van der Waals surface area contributed by atoms with Gasteiger partial charge >= 0.3 is 5.97 Å². The number of thioether (sulfide) groups is 1. The van der Waals surface area contributed by atoms with Crippen LogP contribution in [0.4, 0.5) is 0 Å². The van der Waals surface area contributed by atoms with Crippen molar-refractivity contribution in [3.8, 4) is 33.4 Å². The standard InChI is InChI=1S/C50H48N4O2S/c1-5-7-11-34(6-2)30-56-46(55)31-57-50-44-28-26-42(53-44)48(36-18-14-32(3)15-19-36)40-24-22-38(51-40)47(35-12-9-8-10-13-35)39-23-25-41(52-39)49(43-27-29-45(50)54-43)37-20-16-33(4)17-21-37/h8-10,12-29,34,51,54H,5-7,11,30-31H2,1-4H3. The number of nitrogens with zero attached hydrogens (tertiary/aromatic N) is 2. The van der Waals surface area contributed by atoms with Crippen LogP contribution in [0.3, 0.4) is 0 Å². The van der Waals surface area contributed by atoms with Crippen molar-refractivity contribution in [3.63, 3.8) is 0 Å². The minimum atomic E-state index is -0.218. The first-order chi connectivity index (χ1) is 27.9. The molecule has 0 aliphatic carbocycles. The SMILES string of the molecule is CCCCC(CC)COC(=O)CSc1c2nc(c(-c3ccc(C)cc3)c3ccc([nH]3)c(-c3ccccc3)c3nc(c(-c4ccc(C)cc4)c4ccc1[nH]4)C=C3)C=C2. The van der Waals surface area contributed by atoms with Gasteiger partial charge < -0.3 is 14.7 Å². The second kappa shape index (κ2) is 17.1. The predicted octanol–water partition coefficient (Wildman–Crippen LogP) is 13.1. The number of unbranched alkanes of at least 4 members (excludes halogenated alkanes) is 1. The van der Waals surface area contributed by atoms with Gasteiger partial charge in [0, 0.05) is 33.2 Å². The summed E-state index contributed by atoms with van der Waals surface area (Å²) in [5, 5.41) is 0. The number of benzene rings is 3. The summed E-state index contributed by atoms with van der Waals surface area (Å²) in [7, 11) is 0. The van der Waals surface area contributed by atoms with Crippen LogP contribution in [0.1, 0.15) is 73.4 Å². The molecule has 2 aliphatic heterocycles. The monoisotopic (exact) mass is 768 g/mol. The molecule has 6 nitrogen and oxygen atoms in total. The minimum absolute atomic E-state index is 0.172. The number of carbonyl (C=O) groups excluding carboxylic acids is 1. The lowest BCUT2D eigenvalue weighted by Gasteiger charge is -2.14. The van der Waals surface area contributed by atoms with E-state index in [9.17, 15) is 4.79 Å². The number of fused-ring (bicyclic) bond motifs is 8. The summed E-state index contributed by atoms with van der Waals surface area (Å²) in [6.07, 6.45) is 12.7. The van der Waals surface area contributed by atoms with Crippen LogP contribution in [0.25, 0.3) is 79.8 Å². The van der Waals surface area contributed by atoms with Gasteiger partial charge in [-0.1, -0.05) is 123 Å². The van der Waals surface area contributed by atoms with Crippen LogP contribution in [-0.4, -0.2) is 38.3 Å². The van der Waals surface area contributed by atoms with Gasteiger partial charge in [0.05, 0.1) is 45.5 Å². The van der Waals surface area contributed by atoms with Crippen LogP contribution in [-0.2, 0) is 9.53 Å². The Morgan fingerprint density at radius 1 is 0.614 bits per heavy atom. The van der Waals surface area contributed by atoms with Crippen LogP contribution in [0.2, 0.25) is 0 Å². The minimum Gasteiger partial charge on any atom is -0.465 e. The van der Waals surface area contributed by atoms with Gasteiger partial charge in [-0.15, -0.1) is 11.8 Å². The number of hydrogen-bond acceptors (Lipinski definition) is 5. The molecule has 6 aromatic rings. The molecule has 3 aromatic carbocycles. The van der Waals surface area contributed by atoms with Crippen LogP contribution < -0.4 is 0 Å². The molecule has 0 fully saturated rings. The third-order valence-electron chi connectivity index (χ3n) is 10.8. The number of nitrogens with one attached hydrogen (secondary N) is 2. The molecule has 0 spiro atoms. The fourth-order valence-electron chi connectivity index (χ4n) is 7.57. The number of aromatic nitrogens is 4. The van der Waals surface area contributed by atoms with Crippen molar-refractivity contribution >= 4 is 64.1 Å². The van der Waals surface area contributed by atoms with E-state index in [1.165, 1.54) is 22.9 Å². The molecule has 1 unspecified atom stereocenters. The van der Waals surface area contributed by atoms with Crippen molar-refractivity contribution in [3.05, 3.63) is 137 Å². The highest BCUT2D eigenvalue weighted by molar-refractivity contribution is 8.00. The molecule has 5 heterocycles. The van der Waals surface area contributed by atoms with E-state index in [1.807, 2.05) is 6.07 Å². The van der Waals surface area contributed by atoms with Crippen LogP contribution in [0.5, 0.6) is 0 Å². The predicted molar refractivity (Wildman–Crippen MR) is 240 cm³/mol. The first-order valence-electron chi connectivity index (χ1n) is 20.0. The Hall–Kier alpha value is -5.92. The molecular weight excluding hydrogens is 721 g/mol. The third kappa shape index (κ3) is 8.30. The van der Waals surface area contributed by atoms with Crippen LogP contribution >= 0.6 is 11.8 Å². The van der Waals surface area contributed by atoms with Crippen molar-refractivity contribution < 1.29 is 9.53 Å². The van der Waals surface area contributed by atoms with Gasteiger partial charge in [-0.3, -0.25) is 4.79 Å². The molecule has 0 saturated heterocycles. The Balaban J connectivity index is 1.38. The summed E-state index contributed by atoms with van der Waals surface area (Å²) in [5.74, 6) is 0.335. The lowest BCUT2D eigenvalue weighted by molar-refractivity contribution is -0.141. The molecule has 8 rings (SSSR count). The molecule has 2 aliphatic rings. The zero-order valence-corrected chi connectivity index (χ0v) is 33.9. The summed E-state index contributed by atoms with van der Waals surface area (Å²) in [4.78, 5) is 32.5. The number of H-pyrrole nitrogens is 2. The Bertz CT molecular complexity index is 2590. The van der Waals surface area contributed by atoms with Crippen molar-refractivity contribution in [2.45, 2.75) is 58.3 Å². The number of ether oxygens (including phenoxy) is 1. The molecule has 2 N–H and O–H groups in total. The van der Waals surface area contributed by atoms with Gasteiger partial charge in [0.25, 0.3) is 0 Å². The average molecular weight is 769 g/mol. The maximum Gasteiger partial charge on any atom is 0.316 e. The molecule has 0 saturated carbocycles. The second-order valence-corrected chi connectivity index (χ2v) is 15.9. The topological polar surface area (TPSA) is 83.7 Å². The van der Waals surface area contributed by atoms with E-state index in [2.05, 4.69) is 159 Å². The van der Waals surface area contributed by atoms with Gasteiger partial charge in [-0.05, 0) is 91.4 Å². The fourth-order valence-corrected chi connectivity index (χ4v) is 8.45. The van der Waals surface area contributed by atoms with E-state index in [0.29, 0.717) is 12.5 Å². The highest BCUT2D eigenvalue weighted by Gasteiger charge is 2.19. The van der Waals surface area contributed by atoms with E-state index >= 15 is 0 Å². The normalized spacial score (nSPS) is 12.6. The van der Waals surface area contributed by atoms with Crippen molar-refractivity contribution in [2.24, 2.45) is 5.92 Å². The Labute approximate surface area is 339 Å². The zero-order chi connectivity index (χ0) is 39.3. The number of carbonyl (C=O) groups is 1. The Kier molecular flexibility index (Phi) is 11.4. The highest BCUT2D eigenvalue weighted by Crippen LogP contribution is 2.38. The zero-order valence-electron chi connectivity index (χ0n) is 33.1. The summed E-state index contributed by atoms with van der Waals surface area (Å²) in [6.45, 7) is 9.03. The molecular formula is C50H48N4O2S. The molecule has 286 valence electrons. The maximum atomic E-state index is 13.3. The van der Waals surface area contributed by atoms with Crippen molar-refractivity contribution in [2.75, 3.05) is 12.4 Å². The van der Waals surface area contributed by atoms with Crippen LogP contribution in [0.15, 0.2) is 108 Å². The van der Waals surface area contributed by atoms with Crippen molar-refractivity contribution in [1.29, 1.82) is 0 Å². The summed E-state index contributed by atoms with van der Waals surface area (Å²) >= 11 is 1.47. The molecule has 7 heteroatoms. The number of rotatable bonds is 12. The van der Waals surface area contributed by atoms with E-state index in [-0.39, 0.29) is 11.7 Å². The van der Waals surface area contributed by atoms with Gasteiger partial charge in [0.1, 0.15) is 0 Å². The molecule has 57 heavy (non-hydrogen) atoms. The number of aryl methyl sites for hydroxylation is 2. The molecule has 0 radical (unpaired) electrons. The number of aromatic amines is 2. The first kappa shape index (κ1) is 38.0. The van der Waals surface area contributed by atoms with E-state index in [1.54, 1.807) is 0 Å². The van der Waals surface area contributed by atoms with E-state index < -0.39 is 0 Å². The van der Waals surface area contributed by atoms with Crippen molar-refractivity contribution in [1.82, 2.24) is 19.9 Å². The quantitative estimate of drug-likeness (QED) is 0.0955. The van der Waals surface area contributed by atoms with E-state index in [4.69, 9.17) is 14.7 Å². The summed E-state index contributed by atoms with van der Waals surface area (Å²) in [6, 6.07) is 36.1. The van der Waals surface area contributed by atoms with Gasteiger partial charge in [-0.25, -0.2) is 9.97 Å². The molecule has 3 aromatic heterocycles. The van der Waals surface area contributed by atoms with E-state index in [0.717, 1.165) is 109 Å².